The molecular formula is C27H28ClNO3. The molecular weight excluding hydrogens is 422 g/mol. The lowest BCUT2D eigenvalue weighted by molar-refractivity contribution is 0.318. The first-order valence-corrected chi connectivity index (χ1v) is 11.5. The molecule has 32 heavy (non-hydrogen) atoms. The number of benzene rings is 3. The molecule has 1 aliphatic rings. The van der Waals surface area contributed by atoms with Crippen LogP contribution in [0.2, 0.25) is 0 Å². The largest absolute Gasteiger partial charge is 0.508 e. The van der Waals surface area contributed by atoms with Crippen LogP contribution in [0.4, 0.5) is 0 Å². The van der Waals surface area contributed by atoms with Gasteiger partial charge >= 0.3 is 0 Å². The fourth-order valence-electron chi connectivity index (χ4n) is 4.01. The summed E-state index contributed by atoms with van der Waals surface area (Å²) in [4.78, 5) is 0. The van der Waals surface area contributed by atoms with Gasteiger partial charge < -0.3 is 19.9 Å². The quantitative estimate of drug-likeness (QED) is 0.257. The Kier molecular flexibility index (Phi) is 7.35. The average Bonchev–Trinajstić information content (AvgIpc) is 3.29. The molecule has 0 aliphatic carbocycles. The average molecular weight is 450 g/mol. The molecule has 4 rings (SSSR count). The van der Waals surface area contributed by atoms with Gasteiger partial charge in [-0.3, -0.25) is 0 Å². The number of hydrogen-bond donors (Lipinski definition) is 2. The van der Waals surface area contributed by atoms with Crippen LogP contribution in [0.5, 0.6) is 17.2 Å². The second-order valence-electron chi connectivity index (χ2n) is 7.74. The highest BCUT2D eigenvalue weighted by Crippen LogP contribution is 2.38. The minimum atomic E-state index is 0.245. The molecule has 4 nitrogen and oxygen atoms in total. The Morgan fingerprint density at radius 1 is 1.00 bits per heavy atom. The van der Waals surface area contributed by atoms with Crippen molar-refractivity contribution in [2.24, 2.45) is 0 Å². The van der Waals surface area contributed by atoms with Crippen molar-refractivity contribution in [1.29, 1.82) is 0 Å². The van der Waals surface area contributed by atoms with E-state index in [2.05, 4.69) is 35.6 Å². The van der Waals surface area contributed by atoms with E-state index in [-0.39, 0.29) is 5.75 Å². The number of ether oxygens (including phenoxy) is 2. The molecule has 1 aliphatic heterocycles. The highest BCUT2D eigenvalue weighted by atomic mass is 35.5. The molecule has 2 N–H and O–H groups in total. The molecule has 1 heterocycles. The second-order valence-corrected chi connectivity index (χ2v) is 8.11. The van der Waals surface area contributed by atoms with Crippen molar-refractivity contribution in [2.75, 3.05) is 32.7 Å². The summed E-state index contributed by atoms with van der Waals surface area (Å²) in [5.74, 6) is 2.56. The number of likely N-dealkylation sites (N-methyl/N-ethyl adjacent to an activating group) is 1. The van der Waals surface area contributed by atoms with Crippen molar-refractivity contribution in [2.45, 2.75) is 12.8 Å². The van der Waals surface area contributed by atoms with Crippen LogP contribution >= 0.6 is 11.6 Å². The third-order valence-electron chi connectivity index (χ3n) is 5.60. The van der Waals surface area contributed by atoms with Gasteiger partial charge in [-0.2, -0.15) is 0 Å². The monoisotopic (exact) mass is 449 g/mol. The van der Waals surface area contributed by atoms with Crippen LogP contribution in [-0.4, -0.2) is 37.8 Å². The number of nitrogens with one attached hydrogen (secondary N) is 1. The molecule has 0 fully saturated rings. The van der Waals surface area contributed by atoms with E-state index in [1.807, 2.05) is 31.3 Å². The van der Waals surface area contributed by atoms with Gasteiger partial charge in [-0.25, -0.2) is 0 Å². The standard InChI is InChI=1S/C27H28ClNO3/c1-29-15-17-31-24-9-4-20(5-10-24)27(19-2-7-23(30)8-3-19)25(12-14-28)21-6-11-26-22(18-21)13-16-32-26/h2-11,18,29-30H,12-17H2,1H3. The van der Waals surface area contributed by atoms with Gasteiger partial charge in [0.05, 0.1) is 6.61 Å². The molecule has 0 radical (unpaired) electrons. The summed E-state index contributed by atoms with van der Waals surface area (Å²) in [5.41, 5.74) is 6.76. The van der Waals surface area contributed by atoms with Crippen molar-refractivity contribution in [3.05, 3.63) is 89.0 Å². The van der Waals surface area contributed by atoms with Gasteiger partial charge in [-0.05, 0) is 83.3 Å². The Morgan fingerprint density at radius 3 is 2.38 bits per heavy atom. The molecule has 0 bridgehead atoms. The first-order chi connectivity index (χ1) is 15.7. The smallest absolute Gasteiger partial charge is 0.122 e. The van der Waals surface area contributed by atoms with Gasteiger partial charge in [0, 0.05) is 18.8 Å². The van der Waals surface area contributed by atoms with Crippen LogP contribution < -0.4 is 14.8 Å². The van der Waals surface area contributed by atoms with Crippen LogP contribution in [0.15, 0.2) is 66.7 Å². The van der Waals surface area contributed by atoms with E-state index in [1.165, 1.54) is 11.1 Å². The second kappa shape index (κ2) is 10.6. The van der Waals surface area contributed by atoms with Crippen LogP contribution in [0, 0.1) is 0 Å². The van der Waals surface area contributed by atoms with E-state index in [9.17, 15) is 5.11 Å². The Bertz CT molecular complexity index is 1080. The zero-order chi connectivity index (χ0) is 22.3. The summed E-state index contributed by atoms with van der Waals surface area (Å²) in [7, 11) is 1.91. The van der Waals surface area contributed by atoms with Crippen molar-refractivity contribution < 1.29 is 14.6 Å². The summed E-state index contributed by atoms with van der Waals surface area (Å²) in [6.45, 7) is 2.14. The number of hydrogen-bond acceptors (Lipinski definition) is 4. The summed E-state index contributed by atoms with van der Waals surface area (Å²) >= 11 is 6.28. The summed E-state index contributed by atoms with van der Waals surface area (Å²) in [5, 5.41) is 12.9. The maximum Gasteiger partial charge on any atom is 0.122 e. The molecule has 0 amide bonds. The van der Waals surface area contributed by atoms with Crippen LogP contribution in [0.1, 0.15) is 28.7 Å². The van der Waals surface area contributed by atoms with Crippen molar-refractivity contribution >= 4 is 22.7 Å². The maximum absolute atomic E-state index is 9.84. The number of aromatic hydroxyl groups is 1. The Labute approximate surface area is 194 Å². The minimum absolute atomic E-state index is 0.245. The van der Waals surface area contributed by atoms with Crippen LogP contribution in [0.25, 0.3) is 11.1 Å². The highest BCUT2D eigenvalue weighted by Gasteiger charge is 2.18. The van der Waals surface area contributed by atoms with E-state index in [0.717, 1.165) is 59.8 Å². The molecule has 0 saturated carbocycles. The Balaban J connectivity index is 1.81. The fourth-order valence-corrected chi connectivity index (χ4v) is 4.20. The molecule has 5 heteroatoms. The first-order valence-electron chi connectivity index (χ1n) is 10.9. The topological polar surface area (TPSA) is 50.7 Å². The third-order valence-corrected chi connectivity index (χ3v) is 5.79. The van der Waals surface area contributed by atoms with Crippen molar-refractivity contribution in [3.8, 4) is 17.2 Å². The molecule has 3 aromatic carbocycles. The number of phenols is 1. The van der Waals surface area contributed by atoms with Gasteiger partial charge in [0.1, 0.15) is 23.9 Å². The summed E-state index contributed by atoms with van der Waals surface area (Å²) in [6.07, 6.45) is 1.64. The van der Waals surface area contributed by atoms with Gasteiger partial charge in [-0.1, -0.05) is 30.3 Å². The molecule has 0 spiro atoms. The molecule has 3 aromatic rings. The molecule has 0 atom stereocenters. The fraction of sp³-hybridized carbons (Fsp3) is 0.259. The zero-order valence-corrected chi connectivity index (χ0v) is 19.0. The lowest BCUT2D eigenvalue weighted by Crippen LogP contribution is -2.15. The highest BCUT2D eigenvalue weighted by molar-refractivity contribution is 6.18. The van der Waals surface area contributed by atoms with Gasteiger partial charge in [0.15, 0.2) is 0 Å². The molecule has 0 aromatic heterocycles. The summed E-state index contributed by atoms with van der Waals surface area (Å²) in [6, 6.07) is 21.9. The van der Waals surface area contributed by atoms with Crippen LogP contribution in [-0.2, 0) is 6.42 Å². The third kappa shape index (κ3) is 5.09. The predicted molar refractivity (Wildman–Crippen MR) is 131 cm³/mol. The lowest BCUT2D eigenvalue weighted by Gasteiger charge is -2.18. The number of alkyl halides is 1. The number of phenolic OH excluding ortho intramolecular Hbond substituents is 1. The number of fused-ring (bicyclic) bond motifs is 1. The normalized spacial score (nSPS) is 13.3. The lowest BCUT2D eigenvalue weighted by atomic mass is 9.87. The van der Waals surface area contributed by atoms with Gasteiger partial charge in [0.25, 0.3) is 0 Å². The Morgan fingerprint density at radius 2 is 1.69 bits per heavy atom. The maximum atomic E-state index is 9.84. The molecule has 0 saturated heterocycles. The summed E-state index contributed by atoms with van der Waals surface area (Å²) < 4.78 is 11.5. The number of allylic oxidation sites excluding steroid dienone is 1. The molecule has 0 unspecified atom stereocenters. The van der Waals surface area contributed by atoms with E-state index >= 15 is 0 Å². The van der Waals surface area contributed by atoms with E-state index in [0.29, 0.717) is 12.5 Å². The first kappa shape index (κ1) is 22.3. The van der Waals surface area contributed by atoms with Crippen LogP contribution in [0.3, 0.4) is 0 Å². The van der Waals surface area contributed by atoms with Gasteiger partial charge in [0.2, 0.25) is 0 Å². The number of halogens is 1. The van der Waals surface area contributed by atoms with Gasteiger partial charge in [-0.15, -0.1) is 11.6 Å². The minimum Gasteiger partial charge on any atom is -0.508 e. The number of rotatable bonds is 9. The zero-order valence-electron chi connectivity index (χ0n) is 18.2. The van der Waals surface area contributed by atoms with Crippen molar-refractivity contribution in [3.63, 3.8) is 0 Å². The SMILES string of the molecule is CNCCOc1ccc(C(=C(CCCl)c2ccc3c(c2)CCO3)c2ccc(O)cc2)cc1. The molecule has 166 valence electrons. The van der Waals surface area contributed by atoms with E-state index in [1.54, 1.807) is 12.1 Å². The van der Waals surface area contributed by atoms with E-state index in [4.69, 9.17) is 21.1 Å². The Hall–Kier alpha value is -2.95. The predicted octanol–water partition coefficient (Wildman–Crippen LogP) is 5.51. The van der Waals surface area contributed by atoms with Crippen molar-refractivity contribution in [1.82, 2.24) is 5.32 Å². The van der Waals surface area contributed by atoms with E-state index < -0.39 is 0 Å².